The molecule has 1 aliphatic rings. The van der Waals surface area contributed by atoms with Gasteiger partial charge < -0.3 is 4.90 Å². The molecule has 0 N–H and O–H groups in total. The second-order valence-electron chi connectivity index (χ2n) is 5.44. The van der Waals surface area contributed by atoms with E-state index in [-0.39, 0.29) is 11.8 Å². The van der Waals surface area contributed by atoms with E-state index < -0.39 is 0 Å². The molecule has 5 nitrogen and oxygen atoms in total. The third kappa shape index (κ3) is 2.81. The summed E-state index contributed by atoms with van der Waals surface area (Å²) in [5, 5.41) is 0.939. The number of thiazole rings is 1. The van der Waals surface area contributed by atoms with Gasteiger partial charge in [0.1, 0.15) is 10.7 Å². The van der Waals surface area contributed by atoms with Crippen LogP contribution in [-0.2, 0) is 0 Å². The lowest BCUT2D eigenvalue weighted by Crippen LogP contribution is -2.28. The van der Waals surface area contributed by atoms with Gasteiger partial charge in [0.15, 0.2) is 0 Å². The van der Waals surface area contributed by atoms with Crippen molar-refractivity contribution in [3.8, 4) is 0 Å². The van der Waals surface area contributed by atoms with E-state index in [9.17, 15) is 4.79 Å². The minimum atomic E-state index is 0.0910. The normalized spacial score (nSPS) is 18.2. The Morgan fingerprint density at radius 1 is 1.33 bits per heavy atom. The maximum absolute atomic E-state index is 12.6. The van der Waals surface area contributed by atoms with Gasteiger partial charge in [0.2, 0.25) is 0 Å². The molecule has 2 aromatic rings. The predicted molar refractivity (Wildman–Crippen MR) is 81.6 cm³/mol. The smallest absolute Gasteiger partial charge is 0.265 e. The molecule has 0 saturated carbocycles. The molecule has 2 aromatic heterocycles. The predicted octanol–water partition coefficient (Wildman–Crippen LogP) is 2.49. The lowest BCUT2D eigenvalue weighted by atomic mass is 10.1. The molecule has 0 radical (unpaired) electrons. The third-order valence-corrected chi connectivity index (χ3v) is 4.81. The Balaban J connectivity index is 1.75. The number of aryl methyl sites for hydroxylation is 3. The van der Waals surface area contributed by atoms with Crippen molar-refractivity contribution in [1.82, 2.24) is 19.9 Å². The van der Waals surface area contributed by atoms with Crippen LogP contribution in [0.5, 0.6) is 0 Å². The molecule has 110 valence electrons. The molecule has 0 bridgehead atoms. The first kappa shape index (κ1) is 14.1. The Kier molecular flexibility index (Phi) is 3.71. The second kappa shape index (κ2) is 5.52. The fraction of sp³-hybridized carbons (Fsp3) is 0.467. The maximum atomic E-state index is 12.6. The SMILES string of the molecule is Cc1ccnc(C2CCN(C(=O)c3sc(C)nc3C)C2)n1. The molecule has 6 heteroatoms. The maximum Gasteiger partial charge on any atom is 0.265 e. The highest BCUT2D eigenvalue weighted by atomic mass is 32.1. The summed E-state index contributed by atoms with van der Waals surface area (Å²) in [5.74, 6) is 1.18. The second-order valence-corrected chi connectivity index (χ2v) is 6.64. The summed E-state index contributed by atoms with van der Waals surface area (Å²) >= 11 is 1.48. The Morgan fingerprint density at radius 3 is 2.81 bits per heavy atom. The van der Waals surface area contributed by atoms with Crippen LogP contribution < -0.4 is 0 Å². The largest absolute Gasteiger partial charge is 0.337 e. The van der Waals surface area contributed by atoms with Gasteiger partial charge in [-0.2, -0.15) is 0 Å². The van der Waals surface area contributed by atoms with Crippen molar-refractivity contribution in [2.45, 2.75) is 33.1 Å². The number of amides is 1. The van der Waals surface area contributed by atoms with Gasteiger partial charge in [0, 0.05) is 30.9 Å². The van der Waals surface area contributed by atoms with E-state index in [1.807, 2.05) is 31.7 Å². The van der Waals surface area contributed by atoms with Gasteiger partial charge in [-0.1, -0.05) is 0 Å². The molecule has 0 aliphatic carbocycles. The van der Waals surface area contributed by atoms with Crippen molar-refractivity contribution < 1.29 is 4.79 Å². The molecular weight excluding hydrogens is 284 g/mol. The van der Waals surface area contributed by atoms with Crippen LogP contribution >= 0.6 is 11.3 Å². The molecule has 1 saturated heterocycles. The first-order valence-electron chi connectivity index (χ1n) is 7.07. The van der Waals surface area contributed by atoms with Gasteiger partial charge in [-0.15, -0.1) is 11.3 Å². The molecule has 1 fully saturated rings. The molecule has 1 aliphatic heterocycles. The van der Waals surface area contributed by atoms with Crippen molar-refractivity contribution in [1.29, 1.82) is 0 Å². The highest BCUT2D eigenvalue weighted by Gasteiger charge is 2.31. The van der Waals surface area contributed by atoms with Crippen LogP contribution in [0.4, 0.5) is 0 Å². The van der Waals surface area contributed by atoms with Gasteiger partial charge in [0.25, 0.3) is 5.91 Å². The number of aromatic nitrogens is 3. The van der Waals surface area contributed by atoms with Crippen molar-refractivity contribution in [2.75, 3.05) is 13.1 Å². The van der Waals surface area contributed by atoms with Crippen LogP contribution in [0, 0.1) is 20.8 Å². The van der Waals surface area contributed by atoms with Crippen LogP contribution in [-0.4, -0.2) is 38.8 Å². The summed E-state index contributed by atoms with van der Waals surface area (Å²) in [6.45, 7) is 7.25. The number of likely N-dealkylation sites (tertiary alicyclic amines) is 1. The van der Waals surface area contributed by atoms with Crippen LogP contribution in [0.25, 0.3) is 0 Å². The minimum absolute atomic E-state index is 0.0910. The number of hydrogen-bond acceptors (Lipinski definition) is 5. The van der Waals surface area contributed by atoms with E-state index in [0.717, 1.165) is 40.1 Å². The summed E-state index contributed by atoms with van der Waals surface area (Å²) in [6.07, 6.45) is 2.71. The van der Waals surface area contributed by atoms with E-state index >= 15 is 0 Å². The molecule has 3 heterocycles. The number of hydrogen-bond donors (Lipinski definition) is 0. The Labute approximate surface area is 128 Å². The lowest BCUT2D eigenvalue weighted by molar-refractivity contribution is 0.0794. The number of nitrogens with zero attached hydrogens (tertiary/aromatic N) is 4. The van der Waals surface area contributed by atoms with Crippen molar-refractivity contribution in [3.63, 3.8) is 0 Å². The average Bonchev–Trinajstić information content (AvgIpc) is 3.05. The molecule has 3 rings (SSSR count). The van der Waals surface area contributed by atoms with Crippen LogP contribution in [0.3, 0.4) is 0 Å². The van der Waals surface area contributed by atoms with Crippen LogP contribution in [0.15, 0.2) is 12.3 Å². The zero-order chi connectivity index (χ0) is 15.0. The van der Waals surface area contributed by atoms with Crippen molar-refractivity contribution >= 4 is 17.2 Å². The van der Waals surface area contributed by atoms with Crippen LogP contribution in [0.1, 0.15) is 44.2 Å². The standard InChI is InChI=1S/C15H18N4OS/c1-9-4-6-16-14(17-9)12-5-7-19(8-12)15(20)13-10(2)18-11(3)21-13/h4,6,12H,5,7-8H2,1-3H3. The summed E-state index contributed by atoms with van der Waals surface area (Å²) < 4.78 is 0. The number of carbonyl (C=O) groups is 1. The minimum Gasteiger partial charge on any atom is -0.337 e. The zero-order valence-corrected chi connectivity index (χ0v) is 13.3. The van der Waals surface area contributed by atoms with E-state index in [0.29, 0.717) is 6.54 Å². The summed E-state index contributed by atoms with van der Waals surface area (Å²) in [6, 6.07) is 1.89. The van der Waals surface area contributed by atoms with Crippen LogP contribution in [0.2, 0.25) is 0 Å². The lowest BCUT2D eigenvalue weighted by Gasteiger charge is -2.15. The van der Waals surface area contributed by atoms with Gasteiger partial charge in [-0.05, 0) is 33.3 Å². The molecular formula is C15H18N4OS. The first-order chi connectivity index (χ1) is 10.0. The van der Waals surface area contributed by atoms with Gasteiger partial charge in [0.05, 0.1) is 10.7 Å². The van der Waals surface area contributed by atoms with E-state index in [1.165, 1.54) is 11.3 Å². The van der Waals surface area contributed by atoms with E-state index in [2.05, 4.69) is 15.0 Å². The number of carbonyl (C=O) groups excluding carboxylic acids is 1. The third-order valence-electron chi connectivity index (χ3n) is 3.75. The summed E-state index contributed by atoms with van der Waals surface area (Å²) in [4.78, 5) is 28.4. The Hall–Kier alpha value is -1.82. The van der Waals surface area contributed by atoms with Gasteiger partial charge >= 0.3 is 0 Å². The first-order valence-corrected chi connectivity index (χ1v) is 7.89. The number of rotatable bonds is 2. The van der Waals surface area contributed by atoms with Crippen molar-refractivity contribution in [3.05, 3.63) is 39.4 Å². The fourth-order valence-electron chi connectivity index (χ4n) is 2.69. The fourth-order valence-corrected chi connectivity index (χ4v) is 3.58. The average molecular weight is 302 g/mol. The molecule has 0 aromatic carbocycles. The van der Waals surface area contributed by atoms with E-state index in [1.54, 1.807) is 6.20 Å². The molecule has 1 atom stereocenters. The Bertz CT molecular complexity index is 682. The summed E-state index contributed by atoms with van der Waals surface area (Å²) in [7, 11) is 0. The van der Waals surface area contributed by atoms with Crippen molar-refractivity contribution in [2.24, 2.45) is 0 Å². The topological polar surface area (TPSA) is 59.0 Å². The quantitative estimate of drug-likeness (QED) is 0.855. The van der Waals surface area contributed by atoms with E-state index in [4.69, 9.17) is 0 Å². The molecule has 0 spiro atoms. The summed E-state index contributed by atoms with van der Waals surface area (Å²) in [5.41, 5.74) is 1.80. The Morgan fingerprint density at radius 2 is 2.14 bits per heavy atom. The highest BCUT2D eigenvalue weighted by Crippen LogP contribution is 2.28. The zero-order valence-electron chi connectivity index (χ0n) is 12.5. The molecule has 21 heavy (non-hydrogen) atoms. The van der Waals surface area contributed by atoms with Gasteiger partial charge in [-0.3, -0.25) is 4.79 Å². The monoisotopic (exact) mass is 302 g/mol. The highest BCUT2D eigenvalue weighted by molar-refractivity contribution is 7.13. The van der Waals surface area contributed by atoms with Gasteiger partial charge in [-0.25, -0.2) is 15.0 Å². The molecule has 1 unspecified atom stereocenters. The molecule has 1 amide bonds.